The van der Waals surface area contributed by atoms with Gasteiger partial charge in [-0.05, 0) is 47.4 Å². The van der Waals surface area contributed by atoms with E-state index in [2.05, 4.69) is 31.4 Å². The second kappa shape index (κ2) is 3.43. The molecule has 0 saturated heterocycles. The maximum atomic E-state index is 8.99. The zero-order valence-corrected chi connectivity index (χ0v) is 9.11. The summed E-state index contributed by atoms with van der Waals surface area (Å²) >= 11 is 1.75. The molecule has 2 rings (SSSR count). The number of nitriles is 1. The SMILES string of the molecule is CCc1cc2scc(C)c2cc1C#N. The van der Waals surface area contributed by atoms with E-state index in [1.165, 1.54) is 15.6 Å². The minimum atomic E-state index is 0.821. The van der Waals surface area contributed by atoms with Crippen molar-refractivity contribution >= 4 is 21.4 Å². The number of benzene rings is 1. The van der Waals surface area contributed by atoms with Gasteiger partial charge in [-0.1, -0.05) is 6.92 Å². The minimum absolute atomic E-state index is 0.821. The lowest BCUT2D eigenvalue weighted by molar-refractivity contribution is 1.13. The zero-order valence-electron chi connectivity index (χ0n) is 8.29. The van der Waals surface area contributed by atoms with Crippen LogP contribution >= 0.6 is 11.3 Å². The van der Waals surface area contributed by atoms with E-state index in [4.69, 9.17) is 5.26 Å². The van der Waals surface area contributed by atoms with Gasteiger partial charge in [0.1, 0.15) is 0 Å². The van der Waals surface area contributed by atoms with Gasteiger partial charge in [-0.25, -0.2) is 0 Å². The van der Waals surface area contributed by atoms with E-state index in [1.54, 1.807) is 11.3 Å². The average molecular weight is 201 g/mol. The van der Waals surface area contributed by atoms with Gasteiger partial charge >= 0.3 is 0 Å². The summed E-state index contributed by atoms with van der Waals surface area (Å²) in [7, 11) is 0. The molecule has 0 aliphatic heterocycles. The maximum Gasteiger partial charge on any atom is 0.0994 e. The van der Waals surface area contributed by atoms with E-state index >= 15 is 0 Å². The number of aryl methyl sites for hydroxylation is 2. The highest BCUT2D eigenvalue weighted by Crippen LogP contribution is 2.28. The van der Waals surface area contributed by atoms with Gasteiger partial charge < -0.3 is 0 Å². The Bertz CT molecular complexity index is 517. The van der Waals surface area contributed by atoms with E-state index in [-0.39, 0.29) is 0 Å². The summed E-state index contributed by atoms with van der Waals surface area (Å²) in [6, 6.07) is 6.42. The Morgan fingerprint density at radius 2 is 2.21 bits per heavy atom. The molecule has 2 heteroatoms. The van der Waals surface area contributed by atoms with Crippen LogP contribution < -0.4 is 0 Å². The van der Waals surface area contributed by atoms with Gasteiger partial charge in [0.05, 0.1) is 11.6 Å². The van der Waals surface area contributed by atoms with E-state index in [0.717, 1.165) is 17.5 Å². The summed E-state index contributed by atoms with van der Waals surface area (Å²) in [6.07, 6.45) is 0.926. The van der Waals surface area contributed by atoms with Crippen LogP contribution in [0.15, 0.2) is 17.5 Å². The summed E-state index contributed by atoms with van der Waals surface area (Å²) in [5.41, 5.74) is 3.24. The second-order valence-electron chi connectivity index (χ2n) is 3.39. The van der Waals surface area contributed by atoms with E-state index in [9.17, 15) is 0 Å². The molecule has 2 aromatic rings. The molecule has 0 aliphatic rings. The van der Waals surface area contributed by atoms with Crippen LogP contribution in [0.3, 0.4) is 0 Å². The van der Waals surface area contributed by atoms with Gasteiger partial charge in [0.2, 0.25) is 0 Å². The van der Waals surface area contributed by atoms with E-state index in [0.29, 0.717) is 0 Å². The lowest BCUT2D eigenvalue weighted by Crippen LogP contribution is -1.86. The van der Waals surface area contributed by atoms with Crippen LogP contribution in [0.25, 0.3) is 10.1 Å². The molecule has 0 fully saturated rings. The van der Waals surface area contributed by atoms with Crippen molar-refractivity contribution in [2.24, 2.45) is 0 Å². The van der Waals surface area contributed by atoms with Crippen LogP contribution in [-0.4, -0.2) is 0 Å². The van der Waals surface area contributed by atoms with Crippen LogP contribution in [0, 0.1) is 18.3 Å². The van der Waals surface area contributed by atoms with Crippen molar-refractivity contribution in [1.29, 1.82) is 5.26 Å². The van der Waals surface area contributed by atoms with Gasteiger partial charge in [-0.2, -0.15) is 5.26 Å². The summed E-state index contributed by atoms with van der Waals surface area (Å²) in [4.78, 5) is 0. The number of thiophene rings is 1. The van der Waals surface area contributed by atoms with Crippen molar-refractivity contribution in [3.05, 3.63) is 34.2 Å². The number of nitrogens with zero attached hydrogens (tertiary/aromatic N) is 1. The maximum absolute atomic E-state index is 8.99. The largest absolute Gasteiger partial charge is 0.192 e. The highest BCUT2D eigenvalue weighted by Gasteiger charge is 2.05. The van der Waals surface area contributed by atoms with Crippen LogP contribution in [0.4, 0.5) is 0 Å². The topological polar surface area (TPSA) is 23.8 Å². The van der Waals surface area contributed by atoms with Crippen molar-refractivity contribution in [2.45, 2.75) is 20.3 Å². The molecule has 1 nitrogen and oxygen atoms in total. The molecule has 70 valence electrons. The Balaban J connectivity index is 2.79. The molecule has 0 aliphatic carbocycles. The predicted octanol–water partition coefficient (Wildman–Crippen LogP) is 3.64. The Hall–Kier alpha value is -1.33. The fraction of sp³-hybridized carbons (Fsp3) is 0.250. The fourth-order valence-electron chi connectivity index (χ4n) is 1.64. The third-order valence-corrected chi connectivity index (χ3v) is 3.56. The smallest absolute Gasteiger partial charge is 0.0994 e. The number of fused-ring (bicyclic) bond motifs is 1. The third-order valence-electron chi connectivity index (χ3n) is 2.49. The van der Waals surface area contributed by atoms with Crippen LogP contribution in [-0.2, 0) is 6.42 Å². The monoisotopic (exact) mass is 201 g/mol. The molecule has 0 unspecified atom stereocenters. The molecule has 14 heavy (non-hydrogen) atoms. The molecule has 0 atom stereocenters. The van der Waals surface area contributed by atoms with Crippen LogP contribution in [0.5, 0.6) is 0 Å². The van der Waals surface area contributed by atoms with Gasteiger partial charge in [0.15, 0.2) is 0 Å². The molecule has 0 saturated carbocycles. The summed E-state index contributed by atoms with van der Waals surface area (Å²) in [6.45, 7) is 4.17. The van der Waals surface area contributed by atoms with Crippen molar-refractivity contribution in [2.75, 3.05) is 0 Å². The molecule has 1 aromatic carbocycles. The molecule has 1 heterocycles. The van der Waals surface area contributed by atoms with E-state index < -0.39 is 0 Å². The first-order chi connectivity index (χ1) is 6.76. The van der Waals surface area contributed by atoms with Crippen molar-refractivity contribution in [1.82, 2.24) is 0 Å². The predicted molar refractivity (Wildman–Crippen MR) is 60.7 cm³/mol. The lowest BCUT2D eigenvalue weighted by atomic mass is 10.0. The molecule has 0 N–H and O–H groups in total. The normalized spacial score (nSPS) is 10.4. The molecule has 0 bridgehead atoms. The molecule has 0 spiro atoms. The first-order valence-electron chi connectivity index (χ1n) is 4.67. The van der Waals surface area contributed by atoms with Gasteiger partial charge in [-0.3, -0.25) is 0 Å². The van der Waals surface area contributed by atoms with Crippen LogP contribution in [0.1, 0.15) is 23.6 Å². The molecule has 0 radical (unpaired) electrons. The second-order valence-corrected chi connectivity index (χ2v) is 4.30. The van der Waals surface area contributed by atoms with Gasteiger partial charge in [-0.15, -0.1) is 11.3 Å². The summed E-state index contributed by atoms with van der Waals surface area (Å²) in [5, 5.41) is 12.4. The van der Waals surface area contributed by atoms with Gasteiger partial charge in [0, 0.05) is 4.70 Å². The Morgan fingerprint density at radius 3 is 2.86 bits per heavy atom. The Labute approximate surface area is 87.6 Å². The van der Waals surface area contributed by atoms with E-state index in [1.807, 2.05) is 6.07 Å². The Kier molecular flexibility index (Phi) is 2.26. The number of rotatable bonds is 1. The zero-order chi connectivity index (χ0) is 10.1. The third kappa shape index (κ3) is 1.30. The number of hydrogen-bond donors (Lipinski definition) is 0. The standard InChI is InChI=1S/C12H11NS/c1-3-9-5-12-11(4-10(9)6-13)8(2)7-14-12/h4-5,7H,3H2,1-2H3. The molecular weight excluding hydrogens is 190 g/mol. The fourth-order valence-corrected chi connectivity index (χ4v) is 2.63. The highest BCUT2D eigenvalue weighted by molar-refractivity contribution is 7.17. The quantitative estimate of drug-likeness (QED) is 0.691. The first-order valence-corrected chi connectivity index (χ1v) is 5.55. The van der Waals surface area contributed by atoms with Crippen molar-refractivity contribution < 1.29 is 0 Å². The summed E-state index contributed by atoms with van der Waals surface area (Å²) < 4.78 is 1.29. The minimum Gasteiger partial charge on any atom is -0.192 e. The van der Waals surface area contributed by atoms with Crippen molar-refractivity contribution in [3.63, 3.8) is 0 Å². The average Bonchev–Trinajstić information content (AvgIpc) is 2.58. The summed E-state index contributed by atoms with van der Waals surface area (Å²) in [5.74, 6) is 0. The first kappa shape index (κ1) is 9.23. The lowest BCUT2D eigenvalue weighted by Gasteiger charge is -2.00. The van der Waals surface area contributed by atoms with Crippen molar-refractivity contribution in [3.8, 4) is 6.07 Å². The van der Waals surface area contributed by atoms with Crippen LogP contribution in [0.2, 0.25) is 0 Å². The molecular formula is C12H11NS. The molecule has 0 amide bonds. The Morgan fingerprint density at radius 1 is 1.43 bits per heavy atom. The molecule has 1 aromatic heterocycles. The number of hydrogen-bond acceptors (Lipinski definition) is 2. The van der Waals surface area contributed by atoms with Gasteiger partial charge in [0.25, 0.3) is 0 Å². The highest BCUT2D eigenvalue weighted by atomic mass is 32.1.